The molecule has 0 saturated carbocycles. The van der Waals surface area contributed by atoms with Crippen molar-refractivity contribution in [2.24, 2.45) is 4.99 Å². The summed E-state index contributed by atoms with van der Waals surface area (Å²) in [5.74, 6) is 0. The molecule has 0 atom stereocenters. The molecule has 0 amide bonds. The second-order valence-corrected chi connectivity index (χ2v) is 6.82. The van der Waals surface area contributed by atoms with Gasteiger partial charge >= 0.3 is 0 Å². The highest BCUT2D eigenvalue weighted by Gasteiger charge is 2.11. The van der Waals surface area contributed by atoms with Crippen LogP contribution in [0.5, 0.6) is 0 Å². The van der Waals surface area contributed by atoms with Crippen molar-refractivity contribution in [3.8, 4) is 10.4 Å². The summed E-state index contributed by atoms with van der Waals surface area (Å²) in [5.41, 5.74) is 1.27. The molecule has 96 valence electrons. The molecule has 18 heavy (non-hydrogen) atoms. The van der Waals surface area contributed by atoms with Crippen LogP contribution in [-0.4, -0.2) is 20.1 Å². The number of anilines is 1. The molecule has 0 aliphatic heterocycles. The predicted octanol–water partition coefficient (Wildman–Crippen LogP) is 3.85. The minimum Gasteiger partial charge on any atom is -0.368 e. The maximum Gasteiger partial charge on any atom is 0.168 e. The van der Waals surface area contributed by atoms with Gasteiger partial charge in [-0.25, -0.2) is 0 Å². The molecule has 4 heteroatoms. The minimum atomic E-state index is 0.346. The second-order valence-electron chi connectivity index (χ2n) is 4.59. The highest BCUT2D eigenvalue weighted by Crippen LogP contribution is 2.35. The van der Waals surface area contributed by atoms with Gasteiger partial charge in [-0.3, -0.25) is 4.99 Å². The van der Waals surface area contributed by atoms with Crippen LogP contribution in [0, 0.1) is 0 Å². The summed E-state index contributed by atoms with van der Waals surface area (Å²) in [6.45, 7) is 4.23. The van der Waals surface area contributed by atoms with Gasteiger partial charge in [-0.05, 0) is 19.4 Å². The van der Waals surface area contributed by atoms with Gasteiger partial charge in [0.25, 0.3) is 0 Å². The van der Waals surface area contributed by atoms with Crippen LogP contribution in [0.2, 0.25) is 0 Å². The zero-order valence-electron chi connectivity index (χ0n) is 11.2. The van der Waals surface area contributed by atoms with Gasteiger partial charge in [-0.1, -0.05) is 41.7 Å². The van der Waals surface area contributed by atoms with Crippen molar-refractivity contribution in [3.63, 3.8) is 0 Å². The molecule has 2 nitrogen and oxygen atoms in total. The van der Waals surface area contributed by atoms with Crippen LogP contribution < -0.4 is 8.88 Å². The molecule has 0 radical (unpaired) electrons. The van der Waals surface area contributed by atoms with E-state index in [1.807, 2.05) is 0 Å². The fraction of sp³-hybridized carbons (Fsp3) is 0.357. The van der Waals surface area contributed by atoms with Crippen molar-refractivity contribution in [1.82, 2.24) is 0 Å². The van der Waals surface area contributed by atoms with E-state index < -0.39 is 0 Å². The molecule has 1 aromatic heterocycles. The Balaban J connectivity index is 2.56. The molecule has 0 saturated heterocycles. The molecule has 2 rings (SSSR count). The molecular formula is C14H18N2S2. The predicted molar refractivity (Wildman–Crippen MR) is 82.7 cm³/mol. The number of hydrogen-bond donors (Lipinski definition) is 0. The summed E-state index contributed by atoms with van der Waals surface area (Å²) >= 11 is 3.55. The standard InChI is InChI=1S/C14H18N2S2/c1-10(2)15-14-17-12(13(18-14)16(3)4)11-8-6-5-7-9-11/h5-10H,1-4H3. The lowest BCUT2D eigenvalue weighted by atomic mass is 10.2. The normalized spacial score (nSPS) is 12.2. The Hall–Kier alpha value is -1.13. The molecule has 2 aromatic rings. The number of hydrogen-bond acceptors (Lipinski definition) is 4. The Labute approximate surface area is 116 Å². The molecule has 0 spiro atoms. The van der Waals surface area contributed by atoms with Crippen LogP contribution in [0.3, 0.4) is 0 Å². The van der Waals surface area contributed by atoms with E-state index in [9.17, 15) is 0 Å². The van der Waals surface area contributed by atoms with E-state index >= 15 is 0 Å². The molecule has 0 unspecified atom stereocenters. The van der Waals surface area contributed by atoms with Crippen molar-refractivity contribution < 1.29 is 0 Å². The van der Waals surface area contributed by atoms with E-state index in [2.05, 4.69) is 68.2 Å². The first kappa shape index (κ1) is 13.3. The largest absolute Gasteiger partial charge is 0.368 e. The Morgan fingerprint density at radius 3 is 2.28 bits per heavy atom. The zero-order valence-corrected chi connectivity index (χ0v) is 12.8. The van der Waals surface area contributed by atoms with E-state index in [0.717, 1.165) is 3.98 Å². The number of nitrogens with zero attached hydrogens (tertiary/aromatic N) is 2. The van der Waals surface area contributed by atoms with Gasteiger partial charge in [0, 0.05) is 20.1 Å². The molecule has 0 aliphatic rings. The van der Waals surface area contributed by atoms with E-state index in [1.54, 1.807) is 22.7 Å². The lowest BCUT2D eigenvalue weighted by Gasteiger charge is -2.11. The van der Waals surface area contributed by atoms with Crippen LogP contribution in [0.1, 0.15) is 13.8 Å². The van der Waals surface area contributed by atoms with Gasteiger partial charge in [0.1, 0.15) is 5.00 Å². The Morgan fingerprint density at radius 1 is 1.06 bits per heavy atom. The highest BCUT2D eigenvalue weighted by molar-refractivity contribution is 7.32. The van der Waals surface area contributed by atoms with E-state index in [-0.39, 0.29) is 0 Å². The number of rotatable bonds is 3. The van der Waals surface area contributed by atoms with E-state index in [4.69, 9.17) is 0 Å². The maximum atomic E-state index is 4.66. The summed E-state index contributed by atoms with van der Waals surface area (Å²) in [6.07, 6.45) is 0. The summed E-state index contributed by atoms with van der Waals surface area (Å²) in [6, 6.07) is 10.9. The van der Waals surface area contributed by atoms with Crippen LogP contribution in [-0.2, 0) is 0 Å². The Kier molecular flexibility index (Phi) is 4.19. The number of benzene rings is 1. The van der Waals surface area contributed by atoms with Crippen LogP contribution in [0.25, 0.3) is 10.4 Å². The Morgan fingerprint density at radius 2 is 1.72 bits per heavy atom. The molecule has 0 bridgehead atoms. The highest BCUT2D eigenvalue weighted by atomic mass is 32.2. The van der Waals surface area contributed by atoms with Crippen LogP contribution in [0.4, 0.5) is 5.00 Å². The first-order valence-electron chi connectivity index (χ1n) is 5.98. The average molecular weight is 278 g/mol. The monoisotopic (exact) mass is 278 g/mol. The van der Waals surface area contributed by atoms with Crippen LogP contribution in [0.15, 0.2) is 35.3 Å². The lowest BCUT2D eigenvalue weighted by Crippen LogP contribution is -2.07. The summed E-state index contributed by atoms with van der Waals surface area (Å²) in [5, 5.41) is 1.28. The minimum absolute atomic E-state index is 0.346. The second kappa shape index (κ2) is 5.67. The lowest BCUT2D eigenvalue weighted by molar-refractivity contribution is 0.817. The third-order valence-electron chi connectivity index (χ3n) is 2.37. The summed E-state index contributed by atoms with van der Waals surface area (Å²) in [7, 11) is 4.17. The van der Waals surface area contributed by atoms with Crippen LogP contribution >= 0.6 is 22.7 Å². The third kappa shape index (κ3) is 3.00. The van der Waals surface area contributed by atoms with Gasteiger partial charge < -0.3 is 4.90 Å². The van der Waals surface area contributed by atoms with Gasteiger partial charge in [0.15, 0.2) is 3.98 Å². The molecule has 0 N–H and O–H groups in total. The summed E-state index contributed by atoms with van der Waals surface area (Å²) < 4.78 is 1.15. The summed E-state index contributed by atoms with van der Waals surface area (Å²) in [4.78, 5) is 8.14. The first-order chi connectivity index (χ1) is 8.58. The SMILES string of the molecule is CC(C)N=c1sc(-c2ccccc2)c(N(C)C)s1. The average Bonchev–Trinajstić information content (AvgIpc) is 2.73. The quantitative estimate of drug-likeness (QED) is 0.832. The topological polar surface area (TPSA) is 15.6 Å². The molecule has 0 fully saturated rings. The van der Waals surface area contributed by atoms with Gasteiger partial charge in [-0.2, -0.15) is 0 Å². The Bertz CT molecular complexity index is 565. The van der Waals surface area contributed by atoms with E-state index in [1.165, 1.54) is 15.4 Å². The van der Waals surface area contributed by atoms with Crippen molar-refractivity contribution in [2.75, 3.05) is 19.0 Å². The van der Waals surface area contributed by atoms with Gasteiger partial charge in [0.05, 0.1) is 4.88 Å². The smallest absolute Gasteiger partial charge is 0.168 e. The molecule has 0 aliphatic carbocycles. The molecule has 1 aromatic carbocycles. The van der Waals surface area contributed by atoms with Crippen molar-refractivity contribution in [1.29, 1.82) is 0 Å². The van der Waals surface area contributed by atoms with Crippen molar-refractivity contribution >= 4 is 27.7 Å². The van der Waals surface area contributed by atoms with Crippen molar-refractivity contribution in [2.45, 2.75) is 19.9 Å². The molecular weight excluding hydrogens is 260 g/mol. The van der Waals surface area contributed by atoms with Crippen molar-refractivity contribution in [3.05, 3.63) is 34.3 Å². The fourth-order valence-corrected chi connectivity index (χ4v) is 4.30. The first-order valence-corrected chi connectivity index (χ1v) is 7.61. The third-order valence-corrected chi connectivity index (χ3v) is 4.96. The zero-order chi connectivity index (χ0) is 13.1. The molecule has 1 heterocycles. The van der Waals surface area contributed by atoms with Gasteiger partial charge in [-0.15, -0.1) is 11.3 Å². The van der Waals surface area contributed by atoms with E-state index in [0.29, 0.717) is 6.04 Å². The maximum absolute atomic E-state index is 4.66. The van der Waals surface area contributed by atoms with Gasteiger partial charge in [0.2, 0.25) is 0 Å². The fourth-order valence-electron chi connectivity index (χ4n) is 1.61.